The Hall–Kier alpha value is -1.69. The first-order chi connectivity index (χ1) is 9.79. The molecule has 0 radical (unpaired) electrons. The number of rotatable bonds is 6. The normalized spacial score (nSPS) is 16.1. The molecule has 1 saturated heterocycles. The van der Waals surface area contributed by atoms with Crippen molar-refractivity contribution in [3.8, 4) is 0 Å². The van der Waals surface area contributed by atoms with Gasteiger partial charge in [0, 0.05) is 45.1 Å². The third-order valence-electron chi connectivity index (χ3n) is 3.43. The maximum Gasteiger partial charge on any atom is 0.234 e. The first-order valence-corrected chi connectivity index (χ1v) is 7.30. The molecule has 0 aromatic carbocycles. The predicted octanol–water partition coefficient (Wildman–Crippen LogP) is 0.515. The van der Waals surface area contributed by atoms with Gasteiger partial charge in [0.05, 0.1) is 6.54 Å². The summed E-state index contributed by atoms with van der Waals surface area (Å²) in [7, 11) is 0. The highest BCUT2D eigenvalue weighted by atomic mass is 16.2. The maximum absolute atomic E-state index is 11.7. The number of nitrogens with zero attached hydrogens (tertiary/aromatic N) is 4. The highest BCUT2D eigenvalue weighted by Gasteiger charge is 2.20. The summed E-state index contributed by atoms with van der Waals surface area (Å²) in [6, 6.07) is 1.82. The highest BCUT2D eigenvalue weighted by Crippen LogP contribution is 2.09. The van der Waals surface area contributed by atoms with E-state index in [9.17, 15) is 4.79 Å². The van der Waals surface area contributed by atoms with Gasteiger partial charge in [0.25, 0.3) is 0 Å². The zero-order valence-electron chi connectivity index (χ0n) is 12.1. The van der Waals surface area contributed by atoms with Crippen LogP contribution in [-0.2, 0) is 4.79 Å². The fourth-order valence-corrected chi connectivity index (χ4v) is 2.22. The Kier molecular flexibility index (Phi) is 5.73. The minimum atomic E-state index is 0.128. The van der Waals surface area contributed by atoms with E-state index >= 15 is 0 Å². The molecule has 1 aliphatic heterocycles. The standard InChI is InChI=1S/C14H23N5O/c1-2-3-5-15-13(20)12-18-8-10-19(11-9-18)14-16-6-4-7-17-14/h4,6-7H,2-3,5,8-12H2,1H3,(H,15,20). The van der Waals surface area contributed by atoms with Gasteiger partial charge >= 0.3 is 0 Å². The number of anilines is 1. The quantitative estimate of drug-likeness (QED) is 0.768. The van der Waals surface area contributed by atoms with Crippen LogP contribution >= 0.6 is 0 Å². The molecule has 0 saturated carbocycles. The van der Waals surface area contributed by atoms with Gasteiger partial charge in [-0.3, -0.25) is 9.69 Å². The summed E-state index contributed by atoms with van der Waals surface area (Å²) < 4.78 is 0. The summed E-state index contributed by atoms with van der Waals surface area (Å²) in [6.07, 6.45) is 5.67. The van der Waals surface area contributed by atoms with E-state index in [2.05, 4.69) is 32.0 Å². The molecule has 0 spiro atoms. The van der Waals surface area contributed by atoms with Gasteiger partial charge in [-0.15, -0.1) is 0 Å². The summed E-state index contributed by atoms with van der Waals surface area (Å²) in [5.41, 5.74) is 0. The molecular weight excluding hydrogens is 254 g/mol. The Bertz CT molecular complexity index is 403. The first kappa shape index (κ1) is 14.7. The molecular formula is C14H23N5O. The molecule has 1 amide bonds. The van der Waals surface area contributed by atoms with Gasteiger partial charge in [0.2, 0.25) is 11.9 Å². The second-order valence-electron chi connectivity index (χ2n) is 5.02. The average Bonchev–Trinajstić information content (AvgIpc) is 2.49. The van der Waals surface area contributed by atoms with E-state index in [0.29, 0.717) is 6.54 Å². The monoisotopic (exact) mass is 277 g/mol. The minimum Gasteiger partial charge on any atom is -0.355 e. The molecule has 1 fully saturated rings. The molecule has 1 aromatic rings. The molecule has 0 bridgehead atoms. The van der Waals surface area contributed by atoms with Gasteiger partial charge in [-0.25, -0.2) is 9.97 Å². The molecule has 6 heteroatoms. The van der Waals surface area contributed by atoms with E-state index in [4.69, 9.17) is 0 Å². The number of aromatic nitrogens is 2. The van der Waals surface area contributed by atoms with Crippen LogP contribution in [0.3, 0.4) is 0 Å². The van der Waals surface area contributed by atoms with Crippen molar-refractivity contribution < 1.29 is 4.79 Å². The summed E-state index contributed by atoms with van der Waals surface area (Å²) in [6.45, 7) is 6.88. The van der Waals surface area contributed by atoms with Crippen molar-refractivity contribution in [3.05, 3.63) is 18.5 Å². The summed E-state index contributed by atoms with van der Waals surface area (Å²) in [5.74, 6) is 0.905. The Morgan fingerprint density at radius 2 is 1.95 bits per heavy atom. The predicted molar refractivity (Wildman–Crippen MR) is 78.6 cm³/mol. The van der Waals surface area contributed by atoms with Gasteiger partial charge in [-0.05, 0) is 12.5 Å². The Labute approximate surface area is 120 Å². The second kappa shape index (κ2) is 7.79. The molecule has 6 nitrogen and oxygen atoms in total. The number of carbonyl (C=O) groups excluding carboxylic acids is 1. The van der Waals surface area contributed by atoms with Crippen LogP contribution in [0.25, 0.3) is 0 Å². The van der Waals surface area contributed by atoms with Crippen LogP contribution in [0.15, 0.2) is 18.5 Å². The minimum absolute atomic E-state index is 0.128. The van der Waals surface area contributed by atoms with Gasteiger partial charge < -0.3 is 10.2 Å². The maximum atomic E-state index is 11.7. The first-order valence-electron chi connectivity index (χ1n) is 7.30. The lowest BCUT2D eigenvalue weighted by atomic mass is 10.3. The van der Waals surface area contributed by atoms with Crippen molar-refractivity contribution in [1.82, 2.24) is 20.2 Å². The van der Waals surface area contributed by atoms with Crippen molar-refractivity contribution in [2.45, 2.75) is 19.8 Å². The van der Waals surface area contributed by atoms with Crippen molar-refractivity contribution in [3.63, 3.8) is 0 Å². The second-order valence-corrected chi connectivity index (χ2v) is 5.02. The van der Waals surface area contributed by atoms with Gasteiger partial charge in [0.15, 0.2) is 0 Å². The van der Waals surface area contributed by atoms with E-state index in [1.165, 1.54) is 0 Å². The number of hydrogen-bond acceptors (Lipinski definition) is 5. The molecule has 0 atom stereocenters. The van der Waals surface area contributed by atoms with Crippen molar-refractivity contribution >= 4 is 11.9 Å². The van der Waals surface area contributed by atoms with E-state index in [0.717, 1.165) is 51.5 Å². The summed E-state index contributed by atoms with van der Waals surface area (Å²) in [5, 5.41) is 2.95. The zero-order valence-corrected chi connectivity index (χ0v) is 12.1. The SMILES string of the molecule is CCCCNC(=O)CN1CCN(c2ncccn2)CC1. The van der Waals surface area contributed by atoms with Crippen LogP contribution < -0.4 is 10.2 Å². The summed E-state index contributed by atoms with van der Waals surface area (Å²) in [4.78, 5) is 24.6. The smallest absolute Gasteiger partial charge is 0.234 e. The summed E-state index contributed by atoms with van der Waals surface area (Å²) >= 11 is 0. The largest absolute Gasteiger partial charge is 0.355 e. The Balaban J connectivity index is 1.70. The van der Waals surface area contributed by atoms with Crippen molar-refractivity contribution in [2.75, 3.05) is 44.2 Å². The topological polar surface area (TPSA) is 61.4 Å². The molecule has 20 heavy (non-hydrogen) atoms. The molecule has 1 aromatic heterocycles. The number of amides is 1. The number of piperazine rings is 1. The number of unbranched alkanes of at least 4 members (excludes halogenated alkanes) is 1. The fourth-order valence-electron chi connectivity index (χ4n) is 2.22. The van der Waals surface area contributed by atoms with E-state index in [1.54, 1.807) is 12.4 Å². The molecule has 0 aliphatic carbocycles. The highest BCUT2D eigenvalue weighted by molar-refractivity contribution is 5.78. The van der Waals surface area contributed by atoms with Gasteiger partial charge in [-0.2, -0.15) is 0 Å². The molecule has 2 heterocycles. The average molecular weight is 277 g/mol. The van der Waals surface area contributed by atoms with Gasteiger partial charge in [0.1, 0.15) is 0 Å². The Morgan fingerprint density at radius 3 is 2.60 bits per heavy atom. The lowest BCUT2D eigenvalue weighted by Gasteiger charge is -2.34. The van der Waals surface area contributed by atoms with Crippen LogP contribution in [0.2, 0.25) is 0 Å². The van der Waals surface area contributed by atoms with E-state index in [1.807, 2.05) is 6.07 Å². The van der Waals surface area contributed by atoms with Crippen molar-refractivity contribution in [2.24, 2.45) is 0 Å². The molecule has 1 N–H and O–H groups in total. The number of carbonyl (C=O) groups is 1. The van der Waals surface area contributed by atoms with E-state index < -0.39 is 0 Å². The lowest BCUT2D eigenvalue weighted by molar-refractivity contribution is -0.122. The van der Waals surface area contributed by atoms with Crippen LogP contribution in [0.4, 0.5) is 5.95 Å². The van der Waals surface area contributed by atoms with Crippen LogP contribution in [0, 0.1) is 0 Å². The van der Waals surface area contributed by atoms with Crippen molar-refractivity contribution in [1.29, 1.82) is 0 Å². The van der Waals surface area contributed by atoms with Crippen LogP contribution in [0.5, 0.6) is 0 Å². The fraction of sp³-hybridized carbons (Fsp3) is 0.643. The third kappa shape index (κ3) is 4.45. The van der Waals surface area contributed by atoms with Crippen LogP contribution in [0.1, 0.15) is 19.8 Å². The zero-order chi connectivity index (χ0) is 14.2. The lowest BCUT2D eigenvalue weighted by Crippen LogP contribution is -2.50. The molecule has 110 valence electrons. The van der Waals surface area contributed by atoms with Gasteiger partial charge in [-0.1, -0.05) is 13.3 Å². The molecule has 2 rings (SSSR count). The molecule has 1 aliphatic rings. The third-order valence-corrected chi connectivity index (χ3v) is 3.43. The van der Waals surface area contributed by atoms with Crippen LogP contribution in [-0.4, -0.2) is 60.0 Å². The van der Waals surface area contributed by atoms with E-state index in [-0.39, 0.29) is 5.91 Å². The number of nitrogens with one attached hydrogen (secondary N) is 1. The number of hydrogen-bond donors (Lipinski definition) is 1. The molecule has 0 unspecified atom stereocenters. The Morgan fingerprint density at radius 1 is 1.25 bits per heavy atom.